The second kappa shape index (κ2) is 7.69. The molecule has 0 aromatic heterocycles. The third kappa shape index (κ3) is 3.56. The molecule has 4 nitrogen and oxygen atoms in total. The molecular formula is C22H24FNO3. The van der Waals surface area contributed by atoms with Crippen LogP contribution in [0.15, 0.2) is 42.5 Å². The van der Waals surface area contributed by atoms with Gasteiger partial charge in [-0.1, -0.05) is 42.5 Å². The van der Waals surface area contributed by atoms with Crippen LogP contribution in [0.3, 0.4) is 0 Å². The van der Waals surface area contributed by atoms with Gasteiger partial charge in [0.15, 0.2) is 0 Å². The number of carbonyl (C=O) groups is 1. The van der Waals surface area contributed by atoms with Gasteiger partial charge in [-0.05, 0) is 40.7 Å². The Morgan fingerprint density at radius 1 is 1.15 bits per heavy atom. The topological polar surface area (TPSA) is 38.8 Å². The molecule has 4 rings (SSSR count). The highest BCUT2D eigenvalue weighted by Gasteiger charge is 2.35. The van der Waals surface area contributed by atoms with Gasteiger partial charge >= 0.3 is 6.09 Å². The number of halogens is 1. The number of rotatable bonds is 3. The van der Waals surface area contributed by atoms with Gasteiger partial charge in [0.2, 0.25) is 0 Å². The molecule has 1 aliphatic heterocycles. The minimum Gasteiger partial charge on any atom is -0.445 e. The number of nitrogens with zero attached hydrogens (tertiary/aromatic N) is 1. The number of benzene rings is 2. The normalized spacial score (nSPS) is 21.3. The van der Waals surface area contributed by atoms with E-state index in [1.165, 1.54) is 5.56 Å². The molecule has 2 aliphatic rings. The van der Waals surface area contributed by atoms with E-state index in [-0.39, 0.29) is 18.8 Å². The van der Waals surface area contributed by atoms with Crippen molar-refractivity contribution in [2.75, 3.05) is 20.2 Å². The van der Waals surface area contributed by atoms with Crippen molar-refractivity contribution >= 4 is 6.09 Å². The van der Waals surface area contributed by atoms with Crippen molar-refractivity contribution in [2.45, 2.75) is 38.1 Å². The second-order valence-corrected chi connectivity index (χ2v) is 7.16. The zero-order valence-electron chi connectivity index (χ0n) is 15.5. The van der Waals surface area contributed by atoms with Crippen LogP contribution in [-0.4, -0.2) is 31.2 Å². The third-order valence-corrected chi connectivity index (χ3v) is 5.60. The summed E-state index contributed by atoms with van der Waals surface area (Å²) < 4.78 is 25.3. The van der Waals surface area contributed by atoms with Crippen LogP contribution < -0.4 is 0 Å². The van der Waals surface area contributed by atoms with Crippen molar-refractivity contribution in [3.8, 4) is 0 Å². The first-order valence-electron chi connectivity index (χ1n) is 9.44. The highest BCUT2D eigenvalue weighted by atomic mass is 19.1. The molecule has 1 aliphatic carbocycles. The second-order valence-electron chi connectivity index (χ2n) is 7.16. The molecule has 2 atom stereocenters. The Balaban J connectivity index is 1.46. The number of carbonyl (C=O) groups excluding carboxylic acids is 1. The van der Waals surface area contributed by atoms with Crippen LogP contribution in [-0.2, 0) is 28.9 Å². The van der Waals surface area contributed by atoms with Gasteiger partial charge in [0.1, 0.15) is 12.8 Å². The average Bonchev–Trinajstić information content (AvgIpc) is 2.88. The highest BCUT2D eigenvalue weighted by Crippen LogP contribution is 2.45. The van der Waals surface area contributed by atoms with Crippen molar-refractivity contribution in [1.82, 2.24) is 4.90 Å². The molecule has 0 fully saturated rings. The van der Waals surface area contributed by atoms with Crippen molar-refractivity contribution in [2.24, 2.45) is 0 Å². The van der Waals surface area contributed by atoms with E-state index in [9.17, 15) is 9.18 Å². The van der Waals surface area contributed by atoms with E-state index in [1.54, 1.807) is 12.0 Å². The fourth-order valence-electron chi connectivity index (χ4n) is 4.16. The maximum atomic E-state index is 14.3. The Morgan fingerprint density at radius 3 is 2.70 bits per heavy atom. The van der Waals surface area contributed by atoms with E-state index in [1.807, 2.05) is 42.5 Å². The van der Waals surface area contributed by atoms with E-state index < -0.39 is 6.17 Å². The fourth-order valence-corrected chi connectivity index (χ4v) is 4.16. The van der Waals surface area contributed by atoms with Crippen LogP contribution in [0.25, 0.3) is 0 Å². The summed E-state index contributed by atoms with van der Waals surface area (Å²) in [6, 6.07) is 13.6. The Labute approximate surface area is 158 Å². The quantitative estimate of drug-likeness (QED) is 0.798. The zero-order valence-corrected chi connectivity index (χ0v) is 15.5. The molecule has 2 aromatic carbocycles. The standard InChI is InChI=1S/C22H24FNO3/c1-26-20-13-19(23)18-8-7-16-9-11-24(12-10-17(16)21(18)20)22(25)27-14-15-5-3-2-4-6-15/h2-8,19-20H,9-14H2,1H3. The molecule has 1 amide bonds. The predicted molar refractivity (Wildman–Crippen MR) is 100 cm³/mol. The molecule has 2 unspecified atom stereocenters. The summed E-state index contributed by atoms with van der Waals surface area (Å²) in [4.78, 5) is 14.2. The fraction of sp³-hybridized carbons (Fsp3) is 0.409. The van der Waals surface area contributed by atoms with E-state index in [0.717, 1.165) is 28.7 Å². The number of alkyl halides is 1. The summed E-state index contributed by atoms with van der Waals surface area (Å²) in [5, 5.41) is 0. The summed E-state index contributed by atoms with van der Waals surface area (Å²) in [6.07, 6.45) is 0.370. The maximum Gasteiger partial charge on any atom is 0.410 e. The largest absolute Gasteiger partial charge is 0.445 e. The Morgan fingerprint density at radius 2 is 1.93 bits per heavy atom. The lowest BCUT2D eigenvalue weighted by Gasteiger charge is -2.20. The lowest BCUT2D eigenvalue weighted by Crippen LogP contribution is -2.33. The summed E-state index contributed by atoms with van der Waals surface area (Å²) >= 11 is 0. The number of hydrogen-bond donors (Lipinski definition) is 0. The van der Waals surface area contributed by atoms with Crippen molar-refractivity contribution in [1.29, 1.82) is 0 Å². The smallest absolute Gasteiger partial charge is 0.410 e. The number of methoxy groups -OCH3 is 1. The molecule has 0 saturated carbocycles. The van der Waals surface area contributed by atoms with Crippen LogP contribution in [0.1, 0.15) is 46.5 Å². The molecule has 0 bridgehead atoms. The minimum atomic E-state index is -0.967. The summed E-state index contributed by atoms with van der Waals surface area (Å²) in [5.41, 5.74) is 5.06. The van der Waals surface area contributed by atoms with Crippen LogP contribution in [0.5, 0.6) is 0 Å². The summed E-state index contributed by atoms with van der Waals surface area (Å²) in [7, 11) is 1.63. The molecule has 1 heterocycles. The Kier molecular flexibility index (Phi) is 5.12. The molecule has 27 heavy (non-hydrogen) atoms. The average molecular weight is 369 g/mol. The SMILES string of the molecule is COC1CC(F)c2ccc3c(c21)CCN(C(=O)OCc1ccccc1)CC3. The van der Waals surface area contributed by atoms with Gasteiger partial charge in [0.05, 0.1) is 6.10 Å². The van der Waals surface area contributed by atoms with Gasteiger partial charge in [-0.2, -0.15) is 0 Å². The lowest BCUT2D eigenvalue weighted by atomic mass is 9.93. The monoisotopic (exact) mass is 369 g/mol. The third-order valence-electron chi connectivity index (χ3n) is 5.60. The Bertz CT molecular complexity index is 824. The highest BCUT2D eigenvalue weighted by molar-refractivity contribution is 5.68. The van der Waals surface area contributed by atoms with Gasteiger partial charge in [-0.25, -0.2) is 9.18 Å². The molecule has 0 radical (unpaired) electrons. The van der Waals surface area contributed by atoms with Crippen LogP contribution in [0.2, 0.25) is 0 Å². The summed E-state index contributed by atoms with van der Waals surface area (Å²) in [5.74, 6) is 0. The van der Waals surface area contributed by atoms with E-state index in [0.29, 0.717) is 25.9 Å². The van der Waals surface area contributed by atoms with Gasteiger partial charge < -0.3 is 14.4 Å². The van der Waals surface area contributed by atoms with Gasteiger partial charge in [0, 0.05) is 26.6 Å². The lowest BCUT2D eigenvalue weighted by molar-refractivity contribution is 0.0873. The van der Waals surface area contributed by atoms with Crippen LogP contribution in [0.4, 0.5) is 9.18 Å². The van der Waals surface area contributed by atoms with Crippen LogP contribution >= 0.6 is 0 Å². The van der Waals surface area contributed by atoms with E-state index >= 15 is 0 Å². The maximum absolute atomic E-state index is 14.3. The van der Waals surface area contributed by atoms with E-state index in [4.69, 9.17) is 9.47 Å². The van der Waals surface area contributed by atoms with E-state index in [2.05, 4.69) is 0 Å². The molecule has 0 spiro atoms. The molecule has 0 N–H and O–H groups in total. The number of fused-ring (bicyclic) bond motifs is 3. The number of amides is 1. The van der Waals surface area contributed by atoms with Crippen molar-refractivity contribution in [3.63, 3.8) is 0 Å². The zero-order chi connectivity index (χ0) is 18.8. The predicted octanol–water partition coefficient (Wildman–Crippen LogP) is 4.53. The molecule has 2 aromatic rings. The first kappa shape index (κ1) is 18.0. The molecule has 5 heteroatoms. The number of hydrogen-bond acceptors (Lipinski definition) is 3. The molecular weight excluding hydrogens is 345 g/mol. The molecule has 142 valence electrons. The minimum absolute atomic E-state index is 0.193. The van der Waals surface area contributed by atoms with Crippen molar-refractivity contribution in [3.05, 3.63) is 70.3 Å². The number of ether oxygens (including phenoxy) is 2. The van der Waals surface area contributed by atoms with Gasteiger partial charge in [-0.15, -0.1) is 0 Å². The molecule has 0 saturated heterocycles. The Hall–Kier alpha value is -2.40. The first-order valence-corrected chi connectivity index (χ1v) is 9.44. The van der Waals surface area contributed by atoms with Gasteiger partial charge in [-0.3, -0.25) is 0 Å². The first-order chi connectivity index (χ1) is 13.2. The summed E-state index contributed by atoms with van der Waals surface area (Å²) in [6.45, 7) is 1.45. The van der Waals surface area contributed by atoms with Gasteiger partial charge in [0.25, 0.3) is 0 Å². The van der Waals surface area contributed by atoms with Crippen molar-refractivity contribution < 1.29 is 18.7 Å². The van der Waals surface area contributed by atoms with Crippen LogP contribution in [0, 0.1) is 0 Å².